The number of aromatic nitrogens is 2. The molecule has 1 aliphatic rings. The number of alkyl halides is 5. The molecule has 28 heavy (non-hydrogen) atoms. The SMILES string of the molecule is CC(F)(F)c1cc(Nc2n[nH]c3c2Cc2cc(F)ccc2-3)cc(C(F)(F)F)c1. The van der Waals surface area contributed by atoms with Gasteiger partial charge in [-0.3, -0.25) is 5.10 Å². The van der Waals surface area contributed by atoms with E-state index in [1.54, 1.807) is 6.07 Å². The quantitative estimate of drug-likeness (QED) is 0.417. The van der Waals surface area contributed by atoms with E-state index in [0.29, 0.717) is 36.2 Å². The maximum absolute atomic E-state index is 13.7. The minimum absolute atomic E-state index is 0.164. The summed E-state index contributed by atoms with van der Waals surface area (Å²) in [7, 11) is 0. The number of nitrogens with one attached hydrogen (secondary N) is 2. The van der Waals surface area contributed by atoms with Crippen LogP contribution in [0.3, 0.4) is 0 Å². The van der Waals surface area contributed by atoms with Gasteiger partial charge in [0.05, 0.1) is 11.3 Å². The van der Waals surface area contributed by atoms with Crippen molar-refractivity contribution < 1.29 is 26.3 Å². The Labute approximate surface area is 155 Å². The summed E-state index contributed by atoms with van der Waals surface area (Å²) in [5, 5.41) is 9.50. The van der Waals surface area contributed by atoms with Crippen LogP contribution >= 0.6 is 0 Å². The van der Waals surface area contributed by atoms with Gasteiger partial charge in [0, 0.05) is 35.7 Å². The second-order valence-electron chi connectivity index (χ2n) is 6.71. The van der Waals surface area contributed by atoms with Crippen LogP contribution in [0.2, 0.25) is 0 Å². The zero-order valence-electron chi connectivity index (χ0n) is 14.4. The highest BCUT2D eigenvalue weighted by atomic mass is 19.4. The van der Waals surface area contributed by atoms with E-state index >= 15 is 0 Å². The molecule has 0 spiro atoms. The molecular formula is C19H13F6N3. The Morgan fingerprint density at radius 1 is 1.00 bits per heavy atom. The molecule has 0 unspecified atom stereocenters. The minimum atomic E-state index is -4.78. The van der Waals surface area contributed by atoms with Gasteiger partial charge >= 0.3 is 6.18 Å². The van der Waals surface area contributed by atoms with Crippen LogP contribution in [0.4, 0.5) is 37.8 Å². The summed E-state index contributed by atoms with van der Waals surface area (Å²) in [4.78, 5) is 0. The first-order valence-electron chi connectivity index (χ1n) is 8.26. The van der Waals surface area contributed by atoms with Gasteiger partial charge in [0.1, 0.15) is 5.82 Å². The van der Waals surface area contributed by atoms with E-state index in [0.717, 1.165) is 17.7 Å². The van der Waals surface area contributed by atoms with Gasteiger partial charge in [-0.25, -0.2) is 13.2 Å². The zero-order valence-corrected chi connectivity index (χ0v) is 14.4. The van der Waals surface area contributed by atoms with Crippen LogP contribution in [0.15, 0.2) is 36.4 Å². The molecule has 0 fully saturated rings. The van der Waals surface area contributed by atoms with Gasteiger partial charge in [-0.05, 0) is 42.0 Å². The number of aromatic amines is 1. The van der Waals surface area contributed by atoms with Gasteiger partial charge in [0.2, 0.25) is 0 Å². The first-order valence-corrected chi connectivity index (χ1v) is 8.26. The van der Waals surface area contributed by atoms with Crippen LogP contribution in [0, 0.1) is 5.82 Å². The fourth-order valence-electron chi connectivity index (χ4n) is 3.26. The molecule has 0 bridgehead atoms. The molecule has 3 nitrogen and oxygen atoms in total. The van der Waals surface area contributed by atoms with Gasteiger partial charge in [0.15, 0.2) is 5.82 Å². The molecule has 146 valence electrons. The molecule has 2 aromatic carbocycles. The maximum atomic E-state index is 13.7. The third-order valence-electron chi connectivity index (χ3n) is 4.60. The van der Waals surface area contributed by atoms with Crippen LogP contribution in [0.25, 0.3) is 11.3 Å². The lowest BCUT2D eigenvalue weighted by Crippen LogP contribution is -2.12. The van der Waals surface area contributed by atoms with E-state index < -0.39 is 29.0 Å². The number of hydrogen-bond acceptors (Lipinski definition) is 2. The molecule has 0 radical (unpaired) electrons. The summed E-state index contributed by atoms with van der Waals surface area (Å²) in [6.07, 6.45) is -4.46. The van der Waals surface area contributed by atoms with E-state index in [1.165, 1.54) is 12.1 Å². The van der Waals surface area contributed by atoms with E-state index in [2.05, 4.69) is 15.5 Å². The molecule has 2 N–H and O–H groups in total. The average molecular weight is 397 g/mol. The van der Waals surface area contributed by atoms with Crippen molar-refractivity contribution in [3.05, 3.63) is 64.5 Å². The molecule has 0 aliphatic heterocycles. The molecule has 0 amide bonds. The molecule has 3 aromatic rings. The highest BCUT2D eigenvalue weighted by Gasteiger charge is 2.35. The third-order valence-corrected chi connectivity index (χ3v) is 4.60. The van der Waals surface area contributed by atoms with Gasteiger partial charge in [-0.1, -0.05) is 0 Å². The summed E-state index contributed by atoms with van der Waals surface area (Å²) in [6, 6.07) is 6.38. The fourth-order valence-corrected chi connectivity index (χ4v) is 3.26. The third kappa shape index (κ3) is 3.21. The lowest BCUT2D eigenvalue weighted by atomic mass is 10.0. The number of H-pyrrole nitrogens is 1. The Hall–Kier alpha value is -2.97. The van der Waals surface area contributed by atoms with Gasteiger partial charge in [-0.15, -0.1) is 0 Å². The van der Waals surface area contributed by atoms with E-state index in [4.69, 9.17) is 0 Å². The van der Waals surface area contributed by atoms with E-state index in [1.807, 2.05) is 0 Å². The summed E-state index contributed by atoms with van der Waals surface area (Å²) in [5.74, 6) is -3.64. The Kier molecular flexibility index (Phi) is 3.95. The minimum Gasteiger partial charge on any atom is -0.338 e. The smallest absolute Gasteiger partial charge is 0.338 e. The van der Waals surface area contributed by atoms with Crippen LogP contribution < -0.4 is 5.32 Å². The molecule has 0 saturated heterocycles. The Bertz CT molecular complexity index is 1030. The number of hydrogen-bond donors (Lipinski definition) is 2. The number of rotatable bonds is 3. The van der Waals surface area contributed by atoms with Crippen LogP contribution in [0.1, 0.15) is 29.2 Å². The maximum Gasteiger partial charge on any atom is 0.416 e. The monoisotopic (exact) mass is 397 g/mol. The number of benzene rings is 2. The largest absolute Gasteiger partial charge is 0.416 e. The zero-order chi connectivity index (χ0) is 20.3. The molecule has 1 aliphatic carbocycles. The van der Waals surface area contributed by atoms with Crippen LogP contribution in [-0.2, 0) is 18.5 Å². The first-order chi connectivity index (χ1) is 13.0. The van der Waals surface area contributed by atoms with Gasteiger partial charge < -0.3 is 5.32 Å². The first kappa shape index (κ1) is 18.4. The number of anilines is 2. The Balaban J connectivity index is 1.73. The number of fused-ring (bicyclic) bond motifs is 3. The Morgan fingerprint density at radius 3 is 2.39 bits per heavy atom. The number of halogens is 6. The van der Waals surface area contributed by atoms with Crippen molar-refractivity contribution >= 4 is 11.5 Å². The van der Waals surface area contributed by atoms with Gasteiger partial charge in [0.25, 0.3) is 5.92 Å². The van der Waals surface area contributed by atoms with Crippen molar-refractivity contribution in [2.24, 2.45) is 0 Å². The lowest BCUT2D eigenvalue weighted by Gasteiger charge is -2.16. The average Bonchev–Trinajstić information content (AvgIpc) is 3.12. The molecule has 0 saturated carbocycles. The fraction of sp³-hybridized carbons (Fsp3) is 0.211. The second kappa shape index (κ2) is 6.02. The highest BCUT2D eigenvalue weighted by Crippen LogP contribution is 2.41. The summed E-state index contributed by atoms with van der Waals surface area (Å²) in [6.45, 7) is 0.531. The molecule has 1 heterocycles. The summed E-state index contributed by atoms with van der Waals surface area (Å²) in [5.41, 5.74) is 0.573. The predicted octanol–water partition coefficient (Wildman–Crippen LogP) is 5.99. The topological polar surface area (TPSA) is 40.7 Å². The predicted molar refractivity (Wildman–Crippen MR) is 91.1 cm³/mol. The number of nitrogens with zero attached hydrogens (tertiary/aromatic N) is 1. The van der Waals surface area contributed by atoms with Gasteiger partial charge in [-0.2, -0.15) is 18.3 Å². The molecular weight excluding hydrogens is 384 g/mol. The normalized spacial score (nSPS) is 13.4. The molecule has 0 atom stereocenters. The van der Waals surface area contributed by atoms with Crippen molar-refractivity contribution in [3.8, 4) is 11.3 Å². The van der Waals surface area contributed by atoms with E-state index in [9.17, 15) is 26.3 Å². The van der Waals surface area contributed by atoms with Crippen molar-refractivity contribution in [1.29, 1.82) is 0 Å². The van der Waals surface area contributed by atoms with E-state index in [-0.39, 0.29) is 11.5 Å². The Morgan fingerprint density at radius 2 is 1.71 bits per heavy atom. The standard InChI is InChI=1S/C19H13F6N3/c1-18(21,22)10-6-11(19(23,24)25)8-13(7-10)26-17-15-5-9-4-12(20)2-3-14(9)16(15)27-28-17/h2-4,6-8H,5H2,1H3,(H2,26,27,28). The van der Waals surface area contributed by atoms with Crippen LogP contribution in [0.5, 0.6) is 0 Å². The van der Waals surface area contributed by atoms with Crippen molar-refractivity contribution in [2.45, 2.75) is 25.4 Å². The van der Waals surface area contributed by atoms with Crippen LogP contribution in [-0.4, -0.2) is 10.2 Å². The van der Waals surface area contributed by atoms with Crippen molar-refractivity contribution in [3.63, 3.8) is 0 Å². The summed E-state index contributed by atoms with van der Waals surface area (Å²) >= 11 is 0. The molecule has 4 rings (SSSR count). The van der Waals surface area contributed by atoms with Crippen molar-refractivity contribution in [2.75, 3.05) is 5.32 Å². The molecule has 9 heteroatoms. The van der Waals surface area contributed by atoms with Crippen molar-refractivity contribution in [1.82, 2.24) is 10.2 Å². The highest BCUT2D eigenvalue weighted by molar-refractivity contribution is 5.79. The second-order valence-corrected chi connectivity index (χ2v) is 6.71. The lowest BCUT2D eigenvalue weighted by molar-refractivity contribution is -0.137. The molecule has 1 aromatic heterocycles. The summed E-state index contributed by atoms with van der Waals surface area (Å²) < 4.78 is 80.1.